The molecule has 1 heterocycles. The third-order valence-corrected chi connectivity index (χ3v) is 4.31. The number of hydrazone groups is 1. The molecule has 3 rings (SSSR count). The number of methoxy groups -OCH3 is 1. The first-order valence-electron chi connectivity index (χ1n) is 8.45. The Morgan fingerprint density at radius 1 is 1.20 bits per heavy atom. The monoisotopic (exact) mass is 337 g/mol. The zero-order chi connectivity index (χ0) is 17.6. The van der Waals surface area contributed by atoms with Crippen molar-refractivity contribution in [2.45, 2.75) is 19.4 Å². The molecule has 5 heteroatoms. The Labute approximate surface area is 148 Å². The largest absolute Gasteiger partial charge is 0.375 e. The fraction of sp³-hybridized carbons (Fsp3) is 0.300. The molecular formula is C20H23N3O2. The number of ether oxygens (including phenoxy) is 1. The highest BCUT2D eigenvalue weighted by Crippen LogP contribution is 2.20. The first-order chi connectivity index (χ1) is 12.2. The van der Waals surface area contributed by atoms with Crippen molar-refractivity contribution in [1.29, 1.82) is 0 Å². The van der Waals surface area contributed by atoms with Gasteiger partial charge in [-0.25, -0.2) is 0 Å². The number of nitrogens with zero attached hydrogens (tertiary/aromatic N) is 2. The van der Waals surface area contributed by atoms with Gasteiger partial charge in [0.2, 0.25) is 0 Å². The number of hydrogen-bond donors (Lipinski definition) is 1. The minimum atomic E-state index is -0.161. The molecule has 0 fully saturated rings. The maximum atomic E-state index is 12.4. The minimum Gasteiger partial charge on any atom is -0.375 e. The summed E-state index contributed by atoms with van der Waals surface area (Å²) in [5.41, 5.74) is 3.82. The van der Waals surface area contributed by atoms with Gasteiger partial charge < -0.3 is 10.1 Å². The summed E-state index contributed by atoms with van der Waals surface area (Å²) in [6.07, 6.45) is 0.825. The molecule has 1 amide bonds. The lowest BCUT2D eigenvalue weighted by atomic mass is 10.1. The summed E-state index contributed by atoms with van der Waals surface area (Å²) in [5, 5.41) is 9.38. The highest BCUT2D eigenvalue weighted by atomic mass is 16.5. The van der Waals surface area contributed by atoms with Crippen LogP contribution in [0.5, 0.6) is 0 Å². The van der Waals surface area contributed by atoms with E-state index < -0.39 is 0 Å². The van der Waals surface area contributed by atoms with Gasteiger partial charge in [-0.2, -0.15) is 5.10 Å². The van der Waals surface area contributed by atoms with E-state index in [-0.39, 0.29) is 12.0 Å². The summed E-state index contributed by atoms with van der Waals surface area (Å²) >= 11 is 0. The molecule has 0 saturated heterocycles. The molecule has 1 aliphatic rings. The number of rotatable bonds is 6. The number of benzene rings is 2. The maximum absolute atomic E-state index is 12.4. The molecule has 25 heavy (non-hydrogen) atoms. The molecule has 0 aliphatic carbocycles. The fourth-order valence-electron chi connectivity index (χ4n) is 2.84. The van der Waals surface area contributed by atoms with Gasteiger partial charge in [0.1, 0.15) is 0 Å². The molecule has 0 unspecified atom stereocenters. The molecular weight excluding hydrogens is 314 g/mol. The zero-order valence-corrected chi connectivity index (χ0v) is 14.6. The van der Waals surface area contributed by atoms with Crippen LogP contribution in [0.4, 0.5) is 5.69 Å². The number of anilines is 1. The van der Waals surface area contributed by atoms with Crippen molar-refractivity contribution in [3.63, 3.8) is 0 Å². The summed E-state index contributed by atoms with van der Waals surface area (Å²) in [6, 6.07) is 17.4. The van der Waals surface area contributed by atoms with E-state index in [1.54, 1.807) is 7.11 Å². The van der Waals surface area contributed by atoms with Crippen molar-refractivity contribution in [3.05, 3.63) is 65.7 Å². The molecule has 0 spiro atoms. The number of nitrogens with one attached hydrogen (secondary N) is 1. The molecule has 5 nitrogen and oxygen atoms in total. The Balaban J connectivity index is 1.59. The van der Waals surface area contributed by atoms with Gasteiger partial charge in [-0.3, -0.25) is 9.80 Å². The SMILES string of the molecule is CO[C@H](CNC(=O)c1ccc(N2CCC(C)=N2)cc1)c1ccccc1. The van der Waals surface area contributed by atoms with Crippen molar-refractivity contribution in [2.24, 2.45) is 5.10 Å². The Morgan fingerprint density at radius 2 is 1.92 bits per heavy atom. The van der Waals surface area contributed by atoms with E-state index in [2.05, 4.69) is 10.4 Å². The summed E-state index contributed by atoms with van der Waals surface area (Å²) in [5.74, 6) is -0.106. The minimum absolute atomic E-state index is 0.106. The van der Waals surface area contributed by atoms with Crippen LogP contribution in [0.3, 0.4) is 0 Å². The number of amides is 1. The van der Waals surface area contributed by atoms with Crippen LogP contribution >= 0.6 is 0 Å². The third-order valence-electron chi connectivity index (χ3n) is 4.31. The van der Waals surface area contributed by atoms with Gasteiger partial charge in [0.05, 0.1) is 11.8 Å². The van der Waals surface area contributed by atoms with E-state index in [0.717, 1.165) is 29.9 Å². The zero-order valence-electron chi connectivity index (χ0n) is 14.6. The van der Waals surface area contributed by atoms with Gasteiger partial charge in [0, 0.05) is 37.9 Å². The van der Waals surface area contributed by atoms with Gasteiger partial charge in [-0.05, 0) is 36.8 Å². The first kappa shape index (κ1) is 17.2. The molecule has 2 aromatic carbocycles. The van der Waals surface area contributed by atoms with Crippen LogP contribution in [0.2, 0.25) is 0 Å². The lowest BCUT2D eigenvalue weighted by Gasteiger charge is -2.17. The van der Waals surface area contributed by atoms with Crippen molar-refractivity contribution >= 4 is 17.3 Å². The van der Waals surface area contributed by atoms with Gasteiger partial charge in [-0.15, -0.1) is 0 Å². The molecule has 1 N–H and O–H groups in total. The summed E-state index contributed by atoms with van der Waals surface area (Å²) in [4.78, 5) is 12.4. The molecule has 0 saturated carbocycles. The van der Waals surface area contributed by atoms with Gasteiger partial charge in [0.15, 0.2) is 0 Å². The van der Waals surface area contributed by atoms with E-state index in [9.17, 15) is 4.79 Å². The predicted molar refractivity (Wildman–Crippen MR) is 100 cm³/mol. The molecule has 0 bridgehead atoms. The Hall–Kier alpha value is -2.66. The highest BCUT2D eigenvalue weighted by Gasteiger charge is 2.15. The van der Waals surface area contributed by atoms with Crippen molar-refractivity contribution < 1.29 is 9.53 Å². The smallest absolute Gasteiger partial charge is 0.251 e. The standard InChI is InChI=1S/C20H23N3O2/c1-15-12-13-23(22-15)18-10-8-17(9-11-18)20(24)21-14-19(25-2)16-6-4-3-5-7-16/h3-11,19H,12-14H2,1-2H3,(H,21,24)/t19-/m1/s1. The number of hydrogen-bond acceptors (Lipinski definition) is 4. The van der Waals surface area contributed by atoms with Crippen molar-refractivity contribution in [1.82, 2.24) is 5.32 Å². The number of carbonyl (C=O) groups excluding carboxylic acids is 1. The first-order valence-corrected chi connectivity index (χ1v) is 8.45. The second-order valence-corrected chi connectivity index (χ2v) is 6.10. The van der Waals surface area contributed by atoms with Crippen molar-refractivity contribution in [3.8, 4) is 0 Å². The molecule has 1 aliphatic heterocycles. The van der Waals surface area contributed by atoms with Crippen LogP contribution in [0, 0.1) is 0 Å². The maximum Gasteiger partial charge on any atom is 0.251 e. The lowest BCUT2D eigenvalue weighted by molar-refractivity contribution is 0.0828. The molecule has 0 aromatic heterocycles. The van der Waals surface area contributed by atoms with Crippen molar-refractivity contribution in [2.75, 3.05) is 25.2 Å². The normalized spacial score (nSPS) is 15.0. The Morgan fingerprint density at radius 3 is 2.52 bits per heavy atom. The highest BCUT2D eigenvalue weighted by molar-refractivity contribution is 5.94. The average Bonchev–Trinajstić information content (AvgIpc) is 3.09. The van der Waals surface area contributed by atoms with Gasteiger partial charge in [0.25, 0.3) is 5.91 Å². The van der Waals surface area contributed by atoms with Gasteiger partial charge in [-0.1, -0.05) is 30.3 Å². The number of carbonyl (C=O) groups is 1. The molecule has 0 radical (unpaired) electrons. The van der Waals surface area contributed by atoms with Crippen LogP contribution in [0.1, 0.15) is 35.4 Å². The fourth-order valence-corrected chi connectivity index (χ4v) is 2.84. The second-order valence-electron chi connectivity index (χ2n) is 6.10. The summed E-state index contributed by atoms with van der Waals surface area (Å²) in [7, 11) is 1.65. The van der Waals surface area contributed by atoms with Crippen LogP contribution in [-0.4, -0.2) is 31.8 Å². The summed E-state index contributed by atoms with van der Waals surface area (Å²) < 4.78 is 5.48. The predicted octanol–water partition coefficient (Wildman–Crippen LogP) is 3.39. The van der Waals surface area contributed by atoms with Crippen LogP contribution in [-0.2, 0) is 4.74 Å². The topological polar surface area (TPSA) is 53.9 Å². The third kappa shape index (κ3) is 4.25. The molecule has 1 atom stereocenters. The average molecular weight is 337 g/mol. The van der Waals surface area contributed by atoms with E-state index in [0.29, 0.717) is 12.1 Å². The van der Waals surface area contributed by atoms with Crippen LogP contribution in [0.25, 0.3) is 0 Å². The van der Waals surface area contributed by atoms with E-state index in [4.69, 9.17) is 4.74 Å². The quantitative estimate of drug-likeness (QED) is 0.879. The Kier molecular flexibility index (Phi) is 5.46. The van der Waals surface area contributed by atoms with E-state index in [1.165, 1.54) is 0 Å². The van der Waals surface area contributed by atoms with Crippen LogP contribution < -0.4 is 10.3 Å². The summed E-state index contributed by atoms with van der Waals surface area (Å²) in [6.45, 7) is 3.35. The van der Waals surface area contributed by atoms with E-state index >= 15 is 0 Å². The molecule has 2 aromatic rings. The second kappa shape index (κ2) is 7.94. The lowest BCUT2D eigenvalue weighted by Crippen LogP contribution is -2.29. The Bertz CT molecular complexity index is 741. The van der Waals surface area contributed by atoms with Crippen LogP contribution in [0.15, 0.2) is 59.7 Å². The van der Waals surface area contributed by atoms with Gasteiger partial charge >= 0.3 is 0 Å². The molecule has 130 valence electrons. The van der Waals surface area contributed by atoms with E-state index in [1.807, 2.05) is 66.5 Å².